The molecule has 19 heavy (non-hydrogen) atoms. The average Bonchev–Trinajstić information content (AvgIpc) is 2.84. The van der Waals surface area contributed by atoms with Crippen LogP contribution in [-0.4, -0.2) is 65.9 Å². The molecule has 1 heterocycles. The minimum Gasteiger partial charge on any atom is -0.469 e. The Bertz CT molecular complexity index is 432. The number of carbonyl (C=O) groups is 2. The van der Waals surface area contributed by atoms with E-state index < -0.39 is 0 Å². The Hall–Kier alpha value is -1.96. The van der Waals surface area contributed by atoms with E-state index in [1.807, 2.05) is 0 Å². The molecule has 106 valence electrons. The van der Waals surface area contributed by atoms with Gasteiger partial charge < -0.3 is 14.4 Å². The molecule has 0 bridgehead atoms. The Morgan fingerprint density at radius 1 is 1.32 bits per heavy atom. The number of hydrogen-bond donors (Lipinski definition) is 1. The van der Waals surface area contributed by atoms with E-state index in [-0.39, 0.29) is 30.7 Å². The summed E-state index contributed by atoms with van der Waals surface area (Å²) < 4.78 is 9.49. The number of aromatic amines is 1. The number of methoxy groups -OCH3 is 2. The highest BCUT2D eigenvalue weighted by molar-refractivity contribution is 5.90. The van der Waals surface area contributed by atoms with Crippen molar-refractivity contribution in [2.24, 2.45) is 0 Å². The predicted octanol–water partition coefficient (Wildman–Crippen LogP) is -0.235. The second kappa shape index (κ2) is 7.47. The van der Waals surface area contributed by atoms with Crippen molar-refractivity contribution in [1.29, 1.82) is 0 Å². The molecule has 0 atom stereocenters. The maximum atomic E-state index is 12.1. The van der Waals surface area contributed by atoms with E-state index in [0.29, 0.717) is 19.0 Å². The molecule has 1 N–H and O–H groups in total. The van der Waals surface area contributed by atoms with Gasteiger partial charge in [-0.15, -0.1) is 5.10 Å². The van der Waals surface area contributed by atoms with E-state index >= 15 is 0 Å². The highest BCUT2D eigenvalue weighted by Gasteiger charge is 2.20. The van der Waals surface area contributed by atoms with Gasteiger partial charge in [0.2, 0.25) is 5.82 Å². The lowest BCUT2D eigenvalue weighted by atomic mass is 10.3. The molecule has 0 aliphatic rings. The molecular formula is C11H18N4O4. The number of esters is 1. The first kappa shape index (κ1) is 15.1. The molecule has 0 saturated heterocycles. The van der Waals surface area contributed by atoms with Crippen molar-refractivity contribution in [2.75, 3.05) is 33.9 Å². The summed E-state index contributed by atoms with van der Waals surface area (Å²) in [6.07, 6.45) is 0.120. The van der Waals surface area contributed by atoms with Crippen LogP contribution in [-0.2, 0) is 14.3 Å². The van der Waals surface area contributed by atoms with Gasteiger partial charge in [-0.2, -0.15) is 0 Å². The second-order valence-electron chi connectivity index (χ2n) is 3.86. The van der Waals surface area contributed by atoms with Crippen LogP contribution in [0.1, 0.15) is 22.9 Å². The van der Waals surface area contributed by atoms with E-state index in [0.717, 1.165) is 0 Å². The Labute approximate surface area is 111 Å². The van der Waals surface area contributed by atoms with Gasteiger partial charge in [0.15, 0.2) is 0 Å². The third-order valence-electron chi connectivity index (χ3n) is 2.45. The van der Waals surface area contributed by atoms with Gasteiger partial charge in [0, 0.05) is 20.2 Å². The smallest absolute Gasteiger partial charge is 0.307 e. The van der Waals surface area contributed by atoms with Crippen LogP contribution in [0.2, 0.25) is 0 Å². The maximum Gasteiger partial charge on any atom is 0.307 e. The maximum absolute atomic E-state index is 12.1. The summed E-state index contributed by atoms with van der Waals surface area (Å²) >= 11 is 0. The minimum atomic E-state index is -0.374. The molecule has 8 heteroatoms. The molecule has 0 radical (unpaired) electrons. The Balaban J connectivity index is 2.66. The fourth-order valence-electron chi connectivity index (χ4n) is 1.42. The number of H-pyrrole nitrogens is 1. The van der Waals surface area contributed by atoms with Crippen molar-refractivity contribution in [3.8, 4) is 0 Å². The average molecular weight is 270 g/mol. The van der Waals surface area contributed by atoms with Crippen molar-refractivity contribution >= 4 is 11.9 Å². The molecule has 0 saturated carbocycles. The monoisotopic (exact) mass is 270 g/mol. The van der Waals surface area contributed by atoms with Crippen molar-refractivity contribution in [3.05, 3.63) is 11.6 Å². The number of aryl methyl sites for hydroxylation is 1. The molecule has 0 aliphatic carbocycles. The van der Waals surface area contributed by atoms with E-state index in [1.54, 1.807) is 14.0 Å². The van der Waals surface area contributed by atoms with Crippen LogP contribution < -0.4 is 0 Å². The van der Waals surface area contributed by atoms with Crippen LogP contribution in [0.15, 0.2) is 0 Å². The number of ether oxygens (including phenoxy) is 2. The highest BCUT2D eigenvalue weighted by atomic mass is 16.5. The van der Waals surface area contributed by atoms with E-state index in [2.05, 4.69) is 19.9 Å². The first-order chi connectivity index (χ1) is 9.08. The summed E-state index contributed by atoms with van der Waals surface area (Å²) in [5.41, 5.74) is 0. The molecule has 0 fully saturated rings. The lowest BCUT2D eigenvalue weighted by Crippen LogP contribution is -2.36. The summed E-state index contributed by atoms with van der Waals surface area (Å²) in [4.78, 5) is 28.7. The van der Waals surface area contributed by atoms with Gasteiger partial charge in [0.05, 0.1) is 20.1 Å². The van der Waals surface area contributed by atoms with Crippen LogP contribution in [0.5, 0.6) is 0 Å². The molecular weight excluding hydrogens is 252 g/mol. The van der Waals surface area contributed by atoms with Crippen molar-refractivity contribution in [3.63, 3.8) is 0 Å². The molecule has 1 rings (SSSR count). The topological polar surface area (TPSA) is 97.4 Å². The van der Waals surface area contributed by atoms with Crippen molar-refractivity contribution in [2.45, 2.75) is 13.3 Å². The number of amides is 1. The molecule has 1 aromatic heterocycles. The van der Waals surface area contributed by atoms with Gasteiger partial charge in [0.25, 0.3) is 5.91 Å². The SMILES string of the molecule is COCCN(CCC(=O)OC)C(=O)c1n[nH]c(C)n1. The zero-order valence-electron chi connectivity index (χ0n) is 11.3. The van der Waals surface area contributed by atoms with Crippen molar-refractivity contribution < 1.29 is 19.1 Å². The van der Waals surface area contributed by atoms with Gasteiger partial charge in [-0.3, -0.25) is 14.7 Å². The zero-order chi connectivity index (χ0) is 14.3. The Kier molecular flexibility index (Phi) is 5.94. The molecule has 0 spiro atoms. The van der Waals surface area contributed by atoms with Gasteiger partial charge in [-0.25, -0.2) is 4.98 Å². The van der Waals surface area contributed by atoms with Crippen LogP contribution in [0.4, 0.5) is 0 Å². The Morgan fingerprint density at radius 3 is 2.58 bits per heavy atom. The lowest BCUT2D eigenvalue weighted by molar-refractivity contribution is -0.140. The van der Waals surface area contributed by atoms with Gasteiger partial charge in [-0.05, 0) is 6.92 Å². The second-order valence-corrected chi connectivity index (χ2v) is 3.86. The summed E-state index contributed by atoms with van der Waals surface area (Å²) in [7, 11) is 2.85. The van der Waals surface area contributed by atoms with Crippen LogP contribution in [0.25, 0.3) is 0 Å². The number of hydrogen-bond acceptors (Lipinski definition) is 6. The predicted molar refractivity (Wildman–Crippen MR) is 65.5 cm³/mol. The third kappa shape index (κ3) is 4.66. The molecule has 0 aromatic carbocycles. The number of nitrogens with zero attached hydrogens (tertiary/aromatic N) is 3. The first-order valence-corrected chi connectivity index (χ1v) is 5.82. The standard InChI is InChI=1S/C11H18N4O4/c1-8-12-10(14-13-8)11(17)15(6-7-18-2)5-4-9(16)19-3/h4-7H2,1-3H3,(H,12,13,14). The van der Waals surface area contributed by atoms with E-state index in [9.17, 15) is 9.59 Å². The number of nitrogens with one attached hydrogen (secondary N) is 1. The van der Waals surface area contributed by atoms with Crippen LogP contribution in [0, 0.1) is 6.92 Å². The Morgan fingerprint density at radius 2 is 2.05 bits per heavy atom. The van der Waals surface area contributed by atoms with Crippen molar-refractivity contribution in [1.82, 2.24) is 20.1 Å². The summed E-state index contributed by atoms with van der Waals surface area (Å²) in [6, 6.07) is 0. The van der Waals surface area contributed by atoms with E-state index in [4.69, 9.17) is 4.74 Å². The number of aromatic nitrogens is 3. The van der Waals surface area contributed by atoms with E-state index in [1.165, 1.54) is 12.0 Å². The molecule has 1 amide bonds. The molecule has 0 aliphatic heterocycles. The van der Waals surface area contributed by atoms with Gasteiger partial charge in [-0.1, -0.05) is 0 Å². The number of carbonyl (C=O) groups excluding carboxylic acids is 2. The quantitative estimate of drug-likeness (QED) is 0.687. The minimum absolute atomic E-state index is 0.0819. The number of rotatable bonds is 7. The highest BCUT2D eigenvalue weighted by Crippen LogP contribution is 2.02. The third-order valence-corrected chi connectivity index (χ3v) is 2.45. The van der Waals surface area contributed by atoms with Crippen LogP contribution in [0.3, 0.4) is 0 Å². The first-order valence-electron chi connectivity index (χ1n) is 5.82. The summed E-state index contributed by atoms with van der Waals surface area (Å²) in [6.45, 7) is 2.68. The molecule has 0 unspecified atom stereocenters. The normalized spacial score (nSPS) is 10.3. The largest absolute Gasteiger partial charge is 0.469 e. The summed E-state index contributed by atoms with van der Waals surface area (Å²) in [5.74, 6) is -0.0758. The summed E-state index contributed by atoms with van der Waals surface area (Å²) in [5, 5.41) is 6.41. The molecule has 1 aromatic rings. The lowest BCUT2D eigenvalue weighted by Gasteiger charge is -2.20. The zero-order valence-corrected chi connectivity index (χ0v) is 11.3. The fraction of sp³-hybridized carbons (Fsp3) is 0.636. The fourth-order valence-corrected chi connectivity index (χ4v) is 1.42. The van der Waals surface area contributed by atoms with Gasteiger partial charge in [0.1, 0.15) is 5.82 Å². The molecule has 8 nitrogen and oxygen atoms in total. The van der Waals surface area contributed by atoms with Crippen LogP contribution >= 0.6 is 0 Å². The van der Waals surface area contributed by atoms with Gasteiger partial charge >= 0.3 is 5.97 Å².